The average molecular weight is 386 g/mol. The average Bonchev–Trinajstić information content (AvgIpc) is 2.84. The van der Waals surface area contributed by atoms with E-state index in [1.165, 1.54) is 44.4 Å². The van der Waals surface area contributed by atoms with Crippen LogP contribution in [0.4, 0.5) is 11.4 Å². The van der Waals surface area contributed by atoms with E-state index in [2.05, 4.69) is 133 Å². The van der Waals surface area contributed by atoms with E-state index in [1.54, 1.807) is 0 Å². The number of nitrogens with zero attached hydrogens (tertiary/aromatic N) is 1. The number of hydrogen-bond acceptors (Lipinski definition) is 1. The maximum atomic E-state index is 2.27. The Morgan fingerprint density at radius 3 is 1.90 bits per heavy atom. The lowest BCUT2D eigenvalue weighted by molar-refractivity contribution is 1.21. The Bertz CT molecular complexity index is 1280. The molecule has 0 fully saturated rings. The van der Waals surface area contributed by atoms with Crippen LogP contribution in [0, 0.1) is 0 Å². The van der Waals surface area contributed by atoms with Gasteiger partial charge in [-0.05, 0) is 45.7 Å². The third kappa shape index (κ3) is 3.35. The predicted octanol–water partition coefficient (Wildman–Crippen LogP) is 7.94. The minimum Gasteiger partial charge on any atom is -0.344 e. The first-order valence-electron chi connectivity index (χ1n) is 10.3. The normalized spacial score (nSPS) is 10.8. The van der Waals surface area contributed by atoms with E-state index in [1.807, 2.05) is 0 Å². The molecular weight excluding hydrogens is 362 g/mol. The number of rotatable bonds is 4. The van der Waals surface area contributed by atoms with Gasteiger partial charge in [0, 0.05) is 24.0 Å². The molecule has 0 aliphatic carbocycles. The third-order valence-electron chi connectivity index (χ3n) is 5.71. The lowest BCUT2D eigenvalue weighted by Gasteiger charge is -2.23. The van der Waals surface area contributed by atoms with Crippen molar-refractivity contribution >= 4 is 22.1 Å². The minimum atomic E-state index is 1.17. The molecule has 30 heavy (non-hydrogen) atoms. The molecule has 0 bridgehead atoms. The van der Waals surface area contributed by atoms with Crippen LogP contribution in [0.25, 0.3) is 33.0 Å². The summed E-state index contributed by atoms with van der Waals surface area (Å²) < 4.78 is 0. The van der Waals surface area contributed by atoms with Crippen molar-refractivity contribution in [3.63, 3.8) is 0 Å². The molecular formula is C29H23N. The molecule has 0 atom stereocenters. The van der Waals surface area contributed by atoms with Crippen LogP contribution in [0.15, 0.2) is 121 Å². The van der Waals surface area contributed by atoms with Crippen molar-refractivity contribution in [3.05, 3.63) is 121 Å². The molecule has 0 unspecified atom stereocenters. The number of anilines is 2. The van der Waals surface area contributed by atoms with Gasteiger partial charge in [0.05, 0.1) is 0 Å². The summed E-state index contributed by atoms with van der Waals surface area (Å²) in [4.78, 5) is 2.27. The van der Waals surface area contributed by atoms with E-state index in [0.717, 1.165) is 0 Å². The number of fused-ring (bicyclic) bond motifs is 1. The molecule has 5 aromatic carbocycles. The van der Waals surface area contributed by atoms with E-state index >= 15 is 0 Å². The van der Waals surface area contributed by atoms with Crippen molar-refractivity contribution in [1.82, 2.24) is 0 Å². The van der Waals surface area contributed by atoms with Gasteiger partial charge in [0.2, 0.25) is 0 Å². The summed E-state index contributed by atoms with van der Waals surface area (Å²) in [6.07, 6.45) is 0. The lowest BCUT2D eigenvalue weighted by Crippen LogP contribution is -2.10. The molecule has 5 aromatic rings. The fraction of sp³-hybridized carbons (Fsp3) is 0.0345. The Hall–Kier alpha value is -3.84. The lowest BCUT2D eigenvalue weighted by atomic mass is 9.96. The molecule has 1 heteroatoms. The van der Waals surface area contributed by atoms with Crippen LogP contribution in [0.2, 0.25) is 0 Å². The SMILES string of the molecule is CN(c1ccc(-c2ccccc2)cc1)c1ccccc1-c1cccc2ccccc12. The second kappa shape index (κ2) is 7.88. The van der Waals surface area contributed by atoms with Gasteiger partial charge in [-0.15, -0.1) is 0 Å². The largest absolute Gasteiger partial charge is 0.344 e. The van der Waals surface area contributed by atoms with Crippen molar-refractivity contribution in [2.24, 2.45) is 0 Å². The highest BCUT2D eigenvalue weighted by molar-refractivity contribution is 6.00. The molecule has 0 radical (unpaired) electrons. The van der Waals surface area contributed by atoms with E-state index in [9.17, 15) is 0 Å². The summed E-state index contributed by atoms with van der Waals surface area (Å²) in [5.41, 5.74) is 7.34. The maximum absolute atomic E-state index is 2.27. The Kier molecular flexibility index (Phi) is 4.78. The highest BCUT2D eigenvalue weighted by atomic mass is 15.1. The molecule has 5 rings (SSSR count). The molecule has 0 aliphatic rings. The zero-order valence-electron chi connectivity index (χ0n) is 17.0. The monoisotopic (exact) mass is 385 g/mol. The van der Waals surface area contributed by atoms with Crippen molar-refractivity contribution in [2.45, 2.75) is 0 Å². The van der Waals surface area contributed by atoms with Crippen molar-refractivity contribution < 1.29 is 0 Å². The van der Waals surface area contributed by atoms with Crippen LogP contribution in [0.3, 0.4) is 0 Å². The summed E-state index contributed by atoms with van der Waals surface area (Å²) in [5.74, 6) is 0. The van der Waals surface area contributed by atoms with Crippen molar-refractivity contribution in [2.75, 3.05) is 11.9 Å². The van der Waals surface area contributed by atoms with Crippen molar-refractivity contribution in [3.8, 4) is 22.3 Å². The summed E-state index contributed by atoms with van der Waals surface area (Å²) in [6.45, 7) is 0. The summed E-state index contributed by atoms with van der Waals surface area (Å²) in [7, 11) is 2.14. The maximum Gasteiger partial charge on any atom is 0.0487 e. The Morgan fingerprint density at radius 1 is 0.467 bits per heavy atom. The van der Waals surface area contributed by atoms with Crippen LogP contribution in [0.5, 0.6) is 0 Å². The van der Waals surface area contributed by atoms with E-state index in [0.29, 0.717) is 0 Å². The van der Waals surface area contributed by atoms with Crippen LogP contribution in [-0.4, -0.2) is 7.05 Å². The highest BCUT2D eigenvalue weighted by Crippen LogP contribution is 2.37. The van der Waals surface area contributed by atoms with Gasteiger partial charge in [-0.3, -0.25) is 0 Å². The molecule has 0 spiro atoms. The van der Waals surface area contributed by atoms with Gasteiger partial charge in [-0.1, -0.05) is 103 Å². The second-order valence-corrected chi connectivity index (χ2v) is 7.52. The number of benzene rings is 5. The highest BCUT2D eigenvalue weighted by Gasteiger charge is 2.13. The summed E-state index contributed by atoms with van der Waals surface area (Å²) >= 11 is 0. The van der Waals surface area contributed by atoms with Gasteiger partial charge in [0.1, 0.15) is 0 Å². The van der Waals surface area contributed by atoms with Gasteiger partial charge in [-0.25, -0.2) is 0 Å². The molecule has 0 saturated heterocycles. The topological polar surface area (TPSA) is 3.24 Å². The fourth-order valence-electron chi connectivity index (χ4n) is 4.10. The second-order valence-electron chi connectivity index (χ2n) is 7.52. The fourth-order valence-corrected chi connectivity index (χ4v) is 4.10. The smallest absolute Gasteiger partial charge is 0.0487 e. The minimum absolute atomic E-state index is 1.17. The quantitative estimate of drug-likeness (QED) is 0.303. The molecule has 0 N–H and O–H groups in total. The molecule has 0 aromatic heterocycles. The van der Waals surface area contributed by atoms with E-state index in [-0.39, 0.29) is 0 Å². The molecule has 0 amide bonds. The zero-order valence-corrected chi connectivity index (χ0v) is 17.0. The van der Waals surface area contributed by atoms with Gasteiger partial charge >= 0.3 is 0 Å². The molecule has 0 aliphatic heterocycles. The molecule has 144 valence electrons. The van der Waals surface area contributed by atoms with Crippen LogP contribution < -0.4 is 4.90 Å². The van der Waals surface area contributed by atoms with Gasteiger partial charge in [-0.2, -0.15) is 0 Å². The zero-order chi connectivity index (χ0) is 20.3. The predicted molar refractivity (Wildman–Crippen MR) is 129 cm³/mol. The van der Waals surface area contributed by atoms with Crippen LogP contribution in [-0.2, 0) is 0 Å². The molecule has 0 saturated carbocycles. The van der Waals surface area contributed by atoms with E-state index in [4.69, 9.17) is 0 Å². The Labute approximate surface area is 177 Å². The third-order valence-corrected chi connectivity index (χ3v) is 5.71. The Balaban J connectivity index is 1.55. The van der Waals surface area contributed by atoms with Crippen LogP contribution in [0.1, 0.15) is 0 Å². The first kappa shape index (κ1) is 18.2. The molecule has 0 heterocycles. The molecule has 1 nitrogen and oxygen atoms in total. The van der Waals surface area contributed by atoms with Crippen molar-refractivity contribution in [1.29, 1.82) is 0 Å². The first-order chi connectivity index (χ1) is 14.8. The number of para-hydroxylation sites is 1. The summed E-state index contributed by atoms with van der Waals surface area (Å²) in [5, 5.41) is 2.54. The number of hydrogen-bond donors (Lipinski definition) is 0. The first-order valence-corrected chi connectivity index (χ1v) is 10.3. The van der Waals surface area contributed by atoms with Gasteiger partial charge in [0.15, 0.2) is 0 Å². The Morgan fingerprint density at radius 2 is 1.07 bits per heavy atom. The standard InChI is InChI=1S/C29H23N/c1-30(25-20-18-23(19-21-25)22-10-3-2-4-11-22)29-17-8-7-15-28(29)27-16-9-13-24-12-5-6-14-26(24)27/h2-21H,1H3. The van der Waals surface area contributed by atoms with Crippen LogP contribution >= 0.6 is 0 Å². The van der Waals surface area contributed by atoms with E-state index < -0.39 is 0 Å². The summed E-state index contributed by atoms with van der Waals surface area (Å²) in [6, 6.07) is 43.0. The van der Waals surface area contributed by atoms with Gasteiger partial charge in [0.25, 0.3) is 0 Å². The van der Waals surface area contributed by atoms with Gasteiger partial charge < -0.3 is 4.90 Å².